The van der Waals surface area contributed by atoms with E-state index in [0.717, 1.165) is 13.2 Å². The van der Waals surface area contributed by atoms with E-state index in [2.05, 4.69) is 13.8 Å². The molecule has 0 aromatic heterocycles. The van der Waals surface area contributed by atoms with Crippen LogP contribution in [0.5, 0.6) is 0 Å². The highest BCUT2D eigenvalue weighted by atomic mass is 28.2. The highest BCUT2D eigenvalue weighted by Gasteiger charge is 2.33. The molecular weight excluding hydrogens is 180 g/mol. The SMILES string of the molecule is CCCC1([SiH2]OCC)CCCCO1. The van der Waals surface area contributed by atoms with Crippen LogP contribution in [0.3, 0.4) is 0 Å². The fraction of sp³-hybridized carbons (Fsp3) is 1.00. The fourth-order valence-electron chi connectivity index (χ4n) is 2.04. The maximum atomic E-state index is 5.94. The van der Waals surface area contributed by atoms with Gasteiger partial charge in [0.1, 0.15) is 0 Å². The lowest BCUT2D eigenvalue weighted by atomic mass is 10.0. The first kappa shape index (κ1) is 11.2. The molecule has 13 heavy (non-hydrogen) atoms. The summed E-state index contributed by atoms with van der Waals surface area (Å²) < 4.78 is 11.6. The average Bonchev–Trinajstić information content (AvgIpc) is 2.17. The van der Waals surface area contributed by atoms with Crippen molar-refractivity contribution in [2.45, 2.75) is 51.2 Å². The van der Waals surface area contributed by atoms with E-state index in [4.69, 9.17) is 9.16 Å². The summed E-state index contributed by atoms with van der Waals surface area (Å²) in [6, 6.07) is 0. The second kappa shape index (κ2) is 5.78. The molecule has 0 aromatic rings. The van der Waals surface area contributed by atoms with Gasteiger partial charge in [0.2, 0.25) is 0 Å². The molecule has 0 N–H and O–H groups in total. The lowest BCUT2D eigenvalue weighted by Gasteiger charge is -2.36. The van der Waals surface area contributed by atoms with Gasteiger partial charge in [0, 0.05) is 13.2 Å². The van der Waals surface area contributed by atoms with Gasteiger partial charge in [-0.05, 0) is 32.6 Å². The van der Waals surface area contributed by atoms with Gasteiger partial charge in [-0.15, -0.1) is 0 Å². The minimum atomic E-state index is -0.475. The summed E-state index contributed by atoms with van der Waals surface area (Å²) in [4.78, 5) is 0. The molecule has 1 atom stereocenters. The van der Waals surface area contributed by atoms with E-state index < -0.39 is 9.76 Å². The standard InChI is InChI=1S/C10H22O2Si/c1-3-7-10(13-12-4-2)8-5-6-9-11-10/h3-9,13H2,1-2H3. The Hall–Kier alpha value is 0.137. The van der Waals surface area contributed by atoms with Crippen molar-refractivity contribution in [3.63, 3.8) is 0 Å². The Balaban J connectivity index is 2.40. The van der Waals surface area contributed by atoms with Crippen LogP contribution >= 0.6 is 0 Å². The predicted octanol–water partition coefficient (Wildman–Crippen LogP) is 1.80. The van der Waals surface area contributed by atoms with Crippen molar-refractivity contribution < 1.29 is 9.16 Å². The van der Waals surface area contributed by atoms with Crippen molar-refractivity contribution in [2.24, 2.45) is 0 Å². The van der Waals surface area contributed by atoms with Crippen LogP contribution in [-0.2, 0) is 9.16 Å². The molecule has 1 aliphatic rings. The lowest BCUT2D eigenvalue weighted by Crippen LogP contribution is -2.43. The summed E-state index contributed by atoms with van der Waals surface area (Å²) in [7, 11) is -0.475. The summed E-state index contributed by atoms with van der Waals surface area (Å²) in [5.74, 6) is 0. The number of hydrogen-bond donors (Lipinski definition) is 0. The Bertz CT molecular complexity index is 127. The summed E-state index contributed by atoms with van der Waals surface area (Å²) in [6.45, 7) is 6.14. The van der Waals surface area contributed by atoms with E-state index in [1.807, 2.05) is 0 Å². The van der Waals surface area contributed by atoms with Gasteiger partial charge in [-0.2, -0.15) is 0 Å². The minimum Gasteiger partial charge on any atom is -0.421 e. The molecule has 0 bridgehead atoms. The number of hydrogen-bond acceptors (Lipinski definition) is 2. The second-order valence-electron chi connectivity index (χ2n) is 3.88. The zero-order valence-electron chi connectivity index (χ0n) is 8.97. The Morgan fingerprint density at radius 2 is 2.23 bits per heavy atom. The van der Waals surface area contributed by atoms with Gasteiger partial charge < -0.3 is 9.16 Å². The van der Waals surface area contributed by atoms with E-state index in [1.165, 1.54) is 32.1 Å². The maximum Gasteiger partial charge on any atom is 0.194 e. The Kier molecular flexibility index (Phi) is 4.99. The van der Waals surface area contributed by atoms with Crippen LogP contribution in [-0.4, -0.2) is 28.2 Å². The van der Waals surface area contributed by atoms with Crippen LogP contribution < -0.4 is 0 Å². The van der Waals surface area contributed by atoms with Crippen molar-refractivity contribution >= 4 is 9.76 Å². The predicted molar refractivity (Wildman–Crippen MR) is 57.6 cm³/mol. The fourth-order valence-corrected chi connectivity index (χ4v) is 3.73. The monoisotopic (exact) mass is 202 g/mol. The second-order valence-corrected chi connectivity index (χ2v) is 5.86. The van der Waals surface area contributed by atoms with E-state index in [-0.39, 0.29) is 5.22 Å². The van der Waals surface area contributed by atoms with Gasteiger partial charge in [-0.25, -0.2) is 0 Å². The van der Waals surface area contributed by atoms with Crippen LogP contribution in [0.15, 0.2) is 0 Å². The zero-order valence-corrected chi connectivity index (χ0v) is 10.4. The third-order valence-corrected chi connectivity index (χ3v) is 4.76. The molecule has 1 fully saturated rings. The Morgan fingerprint density at radius 3 is 2.77 bits per heavy atom. The van der Waals surface area contributed by atoms with E-state index >= 15 is 0 Å². The van der Waals surface area contributed by atoms with Gasteiger partial charge in [-0.3, -0.25) is 0 Å². The molecule has 1 unspecified atom stereocenters. The molecular formula is C10H22O2Si. The molecule has 0 aliphatic carbocycles. The van der Waals surface area contributed by atoms with Crippen molar-refractivity contribution in [3.05, 3.63) is 0 Å². The highest BCUT2D eigenvalue weighted by molar-refractivity contribution is 6.31. The first-order valence-electron chi connectivity index (χ1n) is 5.55. The summed E-state index contributed by atoms with van der Waals surface area (Å²) in [5, 5.41) is 0.197. The molecule has 1 heterocycles. The summed E-state index contributed by atoms with van der Waals surface area (Å²) in [5.41, 5.74) is 0. The molecule has 0 radical (unpaired) electrons. The molecule has 1 rings (SSSR count). The zero-order chi connectivity index (χ0) is 9.57. The van der Waals surface area contributed by atoms with Crippen LogP contribution in [0, 0.1) is 0 Å². The summed E-state index contributed by atoms with van der Waals surface area (Å²) in [6.07, 6.45) is 6.25. The quantitative estimate of drug-likeness (QED) is 0.633. The topological polar surface area (TPSA) is 18.5 Å². The van der Waals surface area contributed by atoms with Gasteiger partial charge in [0.25, 0.3) is 0 Å². The third-order valence-electron chi connectivity index (χ3n) is 2.71. The molecule has 2 nitrogen and oxygen atoms in total. The third kappa shape index (κ3) is 3.41. The van der Waals surface area contributed by atoms with Crippen molar-refractivity contribution in [1.29, 1.82) is 0 Å². The normalized spacial score (nSPS) is 30.0. The largest absolute Gasteiger partial charge is 0.421 e. The molecule has 0 aromatic carbocycles. The summed E-state index contributed by atoms with van der Waals surface area (Å²) >= 11 is 0. The molecule has 0 saturated carbocycles. The lowest BCUT2D eigenvalue weighted by molar-refractivity contribution is -0.0347. The first-order chi connectivity index (χ1) is 6.33. The van der Waals surface area contributed by atoms with Crippen molar-refractivity contribution in [1.82, 2.24) is 0 Å². The molecule has 78 valence electrons. The molecule has 0 amide bonds. The van der Waals surface area contributed by atoms with Crippen LogP contribution in [0.4, 0.5) is 0 Å². The Labute approximate surface area is 83.9 Å². The number of ether oxygens (including phenoxy) is 1. The Morgan fingerprint density at radius 1 is 1.38 bits per heavy atom. The van der Waals surface area contributed by atoms with Crippen molar-refractivity contribution in [2.75, 3.05) is 13.2 Å². The van der Waals surface area contributed by atoms with Gasteiger partial charge in [0.15, 0.2) is 9.76 Å². The molecule has 0 spiro atoms. The van der Waals surface area contributed by atoms with E-state index in [0.29, 0.717) is 0 Å². The maximum absolute atomic E-state index is 5.94. The van der Waals surface area contributed by atoms with Gasteiger partial charge in [0.05, 0.1) is 5.22 Å². The molecule has 1 aliphatic heterocycles. The molecule has 1 saturated heterocycles. The smallest absolute Gasteiger partial charge is 0.194 e. The van der Waals surface area contributed by atoms with Gasteiger partial charge >= 0.3 is 0 Å². The average molecular weight is 202 g/mol. The van der Waals surface area contributed by atoms with Gasteiger partial charge in [-0.1, -0.05) is 13.3 Å². The first-order valence-corrected chi connectivity index (χ1v) is 6.83. The van der Waals surface area contributed by atoms with E-state index in [9.17, 15) is 0 Å². The van der Waals surface area contributed by atoms with E-state index in [1.54, 1.807) is 0 Å². The van der Waals surface area contributed by atoms with Crippen molar-refractivity contribution in [3.8, 4) is 0 Å². The number of rotatable bonds is 5. The van der Waals surface area contributed by atoms with Crippen LogP contribution in [0.25, 0.3) is 0 Å². The van der Waals surface area contributed by atoms with Crippen LogP contribution in [0.1, 0.15) is 46.0 Å². The molecule has 3 heteroatoms. The highest BCUT2D eigenvalue weighted by Crippen LogP contribution is 2.28. The van der Waals surface area contributed by atoms with Crippen LogP contribution in [0.2, 0.25) is 0 Å². The minimum absolute atomic E-state index is 0.197.